The molecule has 0 saturated carbocycles. The molecule has 2 aromatic heterocycles. The van der Waals surface area contributed by atoms with E-state index in [1.807, 2.05) is 6.07 Å². The highest BCUT2D eigenvalue weighted by atomic mass is 35.5. The number of ether oxygens (including phenoxy) is 1. The van der Waals surface area contributed by atoms with Crippen LogP contribution in [0.4, 0.5) is 0 Å². The third-order valence-electron chi connectivity index (χ3n) is 3.91. The molecular formula is C17H18Cl2N4O2. The number of hydrogen-bond acceptors (Lipinski definition) is 6. The minimum Gasteiger partial charge on any atom is -0.460 e. The molecule has 1 fully saturated rings. The van der Waals surface area contributed by atoms with Crippen LogP contribution in [0.15, 0.2) is 36.7 Å². The molecule has 1 aliphatic heterocycles. The summed E-state index contributed by atoms with van der Waals surface area (Å²) in [7, 11) is 0. The molecule has 25 heavy (non-hydrogen) atoms. The molecular weight excluding hydrogens is 363 g/mol. The number of halogens is 2. The maximum Gasteiger partial charge on any atom is 0.324 e. The van der Waals surface area contributed by atoms with Crippen LogP contribution < -0.4 is 5.32 Å². The summed E-state index contributed by atoms with van der Waals surface area (Å²) in [6.45, 7) is 3.07. The number of nitrogens with zero attached hydrogens (tertiary/aromatic N) is 3. The molecule has 1 N–H and O–H groups in total. The van der Waals surface area contributed by atoms with Crippen molar-refractivity contribution in [3.8, 4) is 0 Å². The molecule has 132 valence electrons. The minimum atomic E-state index is -0.353. The number of pyridine rings is 2. The highest BCUT2D eigenvalue weighted by Gasteiger charge is 2.26. The summed E-state index contributed by atoms with van der Waals surface area (Å²) in [5, 5.41) is 4.09. The van der Waals surface area contributed by atoms with Gasteiger partial charge in [-0.15, -0.1) is 0 Å². The lowest BCUT2D eigenvalue weighted by Crippen LogP contribution is -2.54. The fourth-order valence-corrected chi connectivity index (χ4v) is 2.84. The van der Waals surface area contributed by atoms with Crippen LogP contribution >= 0.6 is 23.2 Å². The van der Waals surface area contributed by atoms with Crippen molar-refractivity contribution in [3.63, 3.8) is 0 Å². The van der Waals surface area contributed by atoms with E-state index in [0.29, 0.717) is 16.9 Å². The molecule has 1 aliphatic rings. The van der Waals surface area contributed by atoms with Crippen molar-refractivity contribution in [2.24, 2.45) is 0 Å². The molecule has 6 nitrogen and oxygen atoms in total. The highest BCUT2D eigenvalue weighted by molar-refractivity contribution is 6.29. The van der Waals surface area contributed by atoms with Crippen LogP contribution in [0.25, 0.3) is 0 Å². The van der Waals surface area contributed by atoms with Crippen LogP contribution in [0, 0.1) is 0 Å². The third-order valence-corrected chi connectivity index (χ3v) is 4.36. The van der Waals surface area contributed by atoms with E-state index >= 15 is 0 Å². The molecule has 1 atom stereocenters. The Labute approximate surface area is 156 Å². The summed E-state index contributed by atoms with van der Waals surface area (Å²) in [4.78, 5) is 22.5. The number of carbonyl (C=O) groups is 1. The number of nitrogens with one attached hydrogen (secondary N) is 1. The fraction of sp³-hybridized carbons (Fsp3) is 0.353. The van der Waals surface area contributed by atoms with Crippen molar-refractivity contribution in [3.05, 3.63) is 58.1 Å². The molecule has 0 radical (unpaired) electrons. The Morgan fingerprint density at radius 3 is 2.48 bits per heavy atom. The summed E-state index contributed by atoms with van der Waals surface area (Å²) in [5.41, 5.74) is 1.86. The molecule has 3 heterocycles. The number of esters is 1. The maximum atomic E-state index is 12.3. The van der Waals surface area contributed by atoms with Crippen molar-refractivity contribution >= 4 is 29.2 Å². The van der Waals surface area contributed by atoms with Gasteiger partial charge < -0.3 is 10.1 Å². The van der Waals surface area contributed by atoms with E-state index in [1.54, 1.807) is 30.6 Å². The molecule has 0 aliphatic carbocycles. The average Bonchev–Trinajstić information content (AvgIpc) is 2.63. The smallest absolute Gasteiger partial charge is 0.324 e. The second kappa shape index (κ2) is 8.58. The first-order valence-electron chi connectivity index (χ1n) is 7.93. The minimum absolute atomic E-state index is 0.183. The molecule has 1 unspecified atom stereocenters. The van der Waals surface area contributed by atoms with Gasteiger partial charge in [0.05, 0.1) is 0 Å². The standard InChI is InChI=1S/C17H18Cl2N4O2/c18-15-3-1-12(7-21-15)9-23-6-5-20-14(10-23)17(24)25-11-13-2-4-16(19)22-8-13/h1-4,7-8,14,20H,5-6,9-11H2. The summed E-state index contributed by atoms with van der Waals surface area (Å²) in [6, 6.07) is 6.82. The first-order valence-corrected chi connectivity index (χ1v) is 8.69. The van der Waals surface area contributed by atoms with Crippen molar-refractivity contribution < 1.29 is 9.53 Å². The lowest BCUT2D eigenvalue weighted by Gasteiger charge is -2.32. The van der Waals surface area contributed by atoms with Gasteiger partial charge in [0, 0.05) is 44.1 Å². The second-order valence-electron chi connectivity index (χ2n) is 5.83. The number of rotatable bonds is 5. The Balaban J connectivity index is 1.50. The van der Waals surface area contributed by atoms with E-state index in [9.17, 15) is 4.79 Å². The maximum absolute atomic E-state index is 12.3. The monoisotopic (exact) mass is 380 g/mol. The van der Waals surface area contributed by atoms with E-state index in [0.717, 1.165) is 30.8 Å². The van der Waals surface area contributed by atoms with Crippen LogP contribution in [-0.2, 0) is 22.7 Å². The van der Waals surface area contributed by atoms with Gasteiger partial charge in [0.25, 0.3) is 0 Å². The first kappa shape index (κ1) is 18.1. The summed E-state index contributed by atoms with van der Waals surface area (Å²) in [6.07, 6.45) is 3.36. The van der Waals surface area contributed by atoms with Gasteiger partial charge in [-0.1, -0.05) is 35.3 Å². The van der Waals surface area contributed by atoms with Crippen LogP contribution in [0.1, 0.15) is 11.1 Å². The second-order valence-corrected chi connectivity index (χ2v) is 6.60. The number of hydrogen-bond donors (Lipinski definition) is 1. The van der Waals surface area contributed by atoms with Gasteiger partial charge in [-0.3, -0.25) is 9.69 Å². The molecule has 2 aromatic rings. The molecule has 0 bridgehead atoms. The molecule has 0 amide bonds. The Kier molecular flexibility index (Phi) is 6.20. The number of aromatic nitrogens is 2. The highest BCUT2D eigenvalue weighted by Crippen LogP contribution is 2.11. The summed E-state index contributed by atoms with van der Waals surface area (Å²) >= 11 is 11.5. The van der Waals surface area contributed by atoms with Crippen molar-refractivity contribution in [1.29, 1.82) is 0 Å². The van der Waals surface area contributed by atoms with E-state index in [1.165, 1.54) is 0 Å². The van der Waals surface area contributed by atoms with E-state index in [-0.39, 0.29) is 18.6 Å². The average molecular weight is 381 g/mol. The summed E-state index contributed by atoms with van der Waals surface area (Å²) in [5.74, 6) is -0.270. The zero-order valence-corrected chi connectivity index (χ0v) is 15.0. The van der Waals surface area contributed by atoms with Crippen LogP contribution in [0.3, 0.4) is 0 Å². The largest absolute Gasteiger partial charge is 0.460 e. The van der Waals surface area contributed by atoms with Crippen LogP contribution in [0.5, 0.6) is 0 Å². The fourth-order valence-electron chi connectivity index (χ4n) is 2.62. The SMILES string of the molecule is O=C(OCc1ccc(Cl)nc1)C1CN(Cc2ccc(Cl)nc2)CCN1. The Bertz CT molecular complexity index is 710. The van der Waals surface area contributed by atoms with Gasteiger partial charge in [0.1, 0.15) is 23.0 Å². The van der Waals surface area contributed by atoms with Crippen molar-refractivity contribution in [1.82, 2.24) is 20.2 Å². The summed E-state index contributed by atoms with van der Waals surface area (Å²) < 4.78 is 5.38. The topological polar surface area (TPSA) is 67.3 Å². The molecule has 1 saturated heterocycles. The zero-order valence-electron chi connectivity index (χ0n) is 13.5. The number of piperazine rings is 1. The first-order chi connectivity index (χ1) is 12.1. The molecule has 0 spiro atoms. The van der Waals surface area contributed by atoms with Crippen LogP contribution in [0.2, 0.25) is 10.3 Å². The van der Waals surface area contributed by atoms with E-state index < -0.39 is 0 Å². The quantitative estimate of drug-likeness (QED) is 0.633. The molecule has 3 rings (SSSR count). The van der Waals surface area contributed by atoms with Crippen molar-refractivity contribution in [2.75, 3.05) is 19.6 Å². The van der Waals surface area contributed by atoms with Gasteiger partial charge in [-0.05, 0) is 17.7 Å². The lowest BCUT2D eigenvalue weighted by molar-refractivity contribution is -0.148. The third kappa shape index (κ3) is 5.37. The number of carbonyl (C=O) groups excluding carboxylic acids is 1. The normalized spacial score (nSPS) is 18.1. The van der Waals surface area contributed by atoms with E-state index in [4.69, 9.17) is 27.9 Å². The Hall–Kier alpha value is -1.73. The van der Waals surface area contributed by atoms with Gasteiger partial charge in [0.15, 0.2) is 0 Å². The van der Waals surface area contributed by atoms with E-state index in [2.05, 4.69) is 20.2 Å². The van der Waals surface area contributed by atoms with Gasteiger partial charge in [0.2, 0.25) is 0 Å². The molecule has 0 aromatic carbocycles. The van der Waals surface area contributed by atoms with Gasteiger partial charge in [-0.25, -0.2) is 9.97 Å². The van der Waals surface area contributed by atoms with Gasteiger partial charge >= 0.3 is 5.97 Å². The predicted octanol–water partition coefficient (Wildman–Crippen LogP) is 2.30. The predicted molar refractivity (Wildman–Crippen MR) is 95.4 cm³/mol. The zero-order chi connectivity index (χ0) is 17.6. The van der Waals surface area contributed by atoms with Gasteiger partial charge in [-0.2, -0.15) is 0 Å². The molecule has 8 heteroatoms. The lowest BCUT2D eigenvalue weighted by atomic mass is 10.2. The Morgan fingerprint density at radius 2 is 1.84 bits per heavy atom. The van der Waals surface area contributed by atoms with Crippen molar-refractivity contribution in [2.45, 2.75) is 19.2 Å². The van der Waals surface area contributed by atoms with Crippen LogP contribution in [-0.4, -0.2) is 46.5 Å². The Morgan fingerprint density at radius 1 is 1.16 bits per heavy atom.